The van der Waals surface area contributed by atoms with Crippen molar-refractivity contribution in [2.75, 3.05) is 66.5 Å². The zero-order chi connectivity index (χ0) is 44.5. The molecule has 2 N–H and O–H groups in total. The molecule has 3 amide bonds. The van der Waals surface area contributed by atoms with Crippen LogP contribution in [0.5, 0.6) is 0 Å². The zero-order valence-corrected chi connectivity index (χ0v) is 38.2. The first-order chi connectivity index (χ1) is 31.0. The van der Waals surface area contributed by atoms with Crippen molar-refractivity contribution >= 4 is 62.9 Å². The van der Waals surface area contributed by atoms with E-state index in [9.17, 15) is 24.0 Å². The molecular formula is C49H61N9O5S. The number of aldehydes is 1. The van der Waals surface area contributed by atoms with E-state index in [1.807, 2.05) is 11.4 Å². The number of amides is 3. The molecule has 1 aliphatic carbocycles. The Kier molecular flexibility index (Phi) is 13.1. The molecule has 2 atom stereocenters. The fourth-order valence-electron chi connectivity index (χ4n) is 10.8. The molecule has 9 rings (SSSR count). The third-order valence-electron chi connectivity index (χ3n) is 14.3. The topological polar surface area (TPSA) is 149 Å². The van der Waals surface area contributed by atoms with E-state index in [4.69, 9.17) is 0 Å². The van der Waals surface area contributed by atoms with Gasteiger partial charge in [-0.15, -0.1) is 11.3 Å². The lowest BCUT2D eigenvalue weighted by atomic mass is 9.79. The molecule has 5 aromatic rings. The number of aromatic amines is 1. The quantitative estimate of drug-likeness (QED) is 0.111. The predicted octanol–water partition coefficient (Wildman–Crippen LogP) is 5.38. The third kappa shape index (κ3) is 9.31. The number of thiazole rings is 1. The Bertz CT molecular complexity index is 2610. The summed E-state index contributed by atoms with van der Waals surface area (Å²) in [5.41, 5.74) is 7.92. The molecule has 0 radical (unpaired) electrons. The van der Waals surface area contributed by atoms with E-state index in [1.54, 1.807) is 52.7 Å². The summed E-state index contributed by atoms with van der Waals surface area (Å²) in [7, 11) is 5.34. The van der Waals surface area contributed by atoms with Crippen LogP contribution in [0.2, 0.25) is 0 Å². The largest absolute Gasteiger partial charge is 0.350 e. The van der Waals surface area contributed by atoms with Crippen LogP contribution in [-0.4, -0.2) is 135 Å². The van der Waals surface area contributed by atoms with Crippen molar-refractivity contribution in [1.82, 2.24) is 44.0 Å². The summed E-state index contributed by atoms with van der Waals surface area (Å²) in [6.07, 6.45) is 13.9. The van der Waals surface area contributed by atoms with Gasteiger partial charge in [0, 0.05) is 114 Å². The average Bonchev–Trinajstić information content (AvgIpc) is 4.05. The van der Waals surface area contributed by atoms with Crippen LogP contribution in [-0.2, 0) is 34.3 Å². The molecule has 64 heavy (non-hydrogen) atoms. The Morgan fingerprint density at radius 3 is 2.52 bits per heavy atom. The lowest BCUT2D eigenvalue weighted by Crippen LogP contribution is -2.51. The number of carbonyl (C=O) groups is 4. The molecule has 14 nitrogen and oxygen atoms in total. The second-order valence-electron chi connectivity index (χ2n) is 18.7. The summed E-state index contributed by atoms with van der Waals surface area (Å²) in [6, 6.07) is 12.7. The van der Waals surface area contributed by atoms with Crippen LogP contribution in [0.4, 0.5) is 0 Å². The summed E-state index contributed by atoms with van der Waals surface area (Å²) in [4.78, 5) is 80.1. The lowest BCUT2D eigenvalue weighted by molar-refractivity contribution is -0.135. The number of piperidine rings is 1. The van der Waals surface area contributed by atoms with Crippen LogP contribution in [0.25, 0.3) is 27.5 Å². The molecule has 0 bridgehead atoms. The van der Waals surface area contributed by atoms with E-state index in [0.717, 1.165) is 124 Å². The number of imide groups is 1. The summed E-state index contributed by atoms with van der Waals surface area (Å²) in [5, 5.41) is 6.51. The molecule has 2 saturated heterocycles. The van der Waals surface area contributed by atoms with Crippen molar-refractivity contribution in [3.63, 3.8) is 0 Å². The van der Waals surface area contributed by atoms with Gasteiger partial charge >= 0.3 is 5.69 Å². The first kappa shape index (κ1) is 44.0. The first-order valence-electron chi connectivity index (χ1n) is 23.2. The standard InChI is InChI=1S/C49H61N9O5S/c1-53(2)48(62)41-28-39-38(26-36(27-40(39)51-41)35-7-5-18-56(30-35)29-33(31-59)25-46-50-16-23-64-46)34-9-11-37(12-10-34)57-21-19-55(20-22-57)17-4-6-32-8-13-42-44(24-32)54(3)49(63)58(42)43-14-15-45(60)52-47(43)61/h7-8,13,16,23-24,26-28,31,33-34,37,43,51H,4-6,9-12,14-15,17-22,25,29-30H2,1-3H3,(H,52,60,61). The van der Waals surface area contributed by atoms with Crippen LogP contribution in [0, 0.1) is 5.92 Å². The minimum atomic E-state index is -0.677. The summed E-state index contributed by atoms with van der Waals surface area (Å²) < 4.78 is 3.15. The molecule has 15 heteroatoms. The monoisotopic (exact) mass is 887 g/mol. The van der Waals surface area contributed by atoms with Crippen LogP contribution >= 0.6 is 11.3 Å². The highest BCUT2D eigenvalue weighted by Gasteiger charge is 2.33. The number of aromatic nitrogens is 4. The minimum Gasteiger partial charge on any atom is -0.350 e. The van der Waals surface area contributed by atoms with Crippen LogP contribution < -0.4 is 11.0 Å². The number of aryl methyl sites for hydroxylation is 2. The number of H-pyrrole nitrogens is 1. The van der Waals surface area contributed by atoms with Gasteiger partial charge in [0.2, 0.25) is 11.8 Å². The summed E-state index contributed by atoms with van der Waals surface area (Å²) in [6.45, 7) is 7.71. The maximum Gasteiger partial charge on any atom is 0.329 e. The second kappa shape index (κ2) is 19.1. The van der Waals surface area contributed by atoms with Gasteiger partial charge in [-0.25, -0.2) is 9.78 Å². The lowest BCUT2D eigenvalue weighted by Gasteiger charge is -2.42. The predicted molar refractivity (Wildman–Crippen MR) is 251 cm³/mol. The highest BCUT2D eigenvalue weighted by Crippen LogP contribution is 2.40. The molecule has 3 fully saturated rings. The molecular weight excluding hydrogens is 827 g/mol. The number of imidazole rings is 1. The fourth-order valence-corrected chi connectivity index (χ4v) is 11.5. The number of rotatable bonds is 14. The van der Waals surface area contributed by atoms with Gasteiger partial charge in [-0.3, -0.25) is 38.6 Å². The maximum atomic E-state index is 13.2. The number of piperazine rings is 1. The van der Waals surface area contributed by atoms with Gasteiger partial charge in [-0.05, 0) is 110 Å². The van der Waals surface area contributed by atoms with E-state index in [0.29, 0.717) is 37.0 Å². The SMILES string of the molecule is CN(C)C(=O)c1cc2c(C3CCC(N4CCN(CCCc5ccc6c(c5)n(C)c(=O)n6C5CCC(=O)NC5=O)CC4)CC3)cc(C3=CCCN(CC(C=O)Cc4nccs4)C3)cc2[nH]1. The molecule has 1 saturated carbocycles. The van der Waals surface area contributed by atoms with Gasteiger partial charge in [0.25, 0.3) is 5.91 Å². The number of carbonyl (C=O) groups excluding carboxylic acids is 4. The van der Waals surface area contributed by atoms with Gasteiger partial charge in [-0.1, -0.05) is 18.2 Å². The molecule has 338 valence electrons. The molecule has 0 spiro atoms. The normalized spacial score (nSPS) is 22.2. The first-order valence-corrected chi connectivity index (χ1v) is 24.0. The van der Waals surface area contributed by atoms with Crippen molar-refractivity contribution < 1.29 is 19.2 Å². The molecule has 2 unspecified atom stereocenters. The van der Waals surface area contributed by atoms with E-state index in [2.05, 4.69) is 66.4 Å². The summed E-state index contributed by atoms with van der Waals surface area (Å²) >= 11 is 1.61. The number of benzene rings is 2. The van der Waals surface area contributed by atoms with Crippen LogP contribution in [0.15, 0.2) is 58.8 Å². The van der Waals surface area contributed by atoms with Gasteiger partial charge in [-0.2, -0.15) is 0 Å². The highest BCUT2D eigenvalue weighted by atomic mass is 32.1. The second-order valence-corrected chi connectivity index (χ2v) is 19.7. The molecule has 6 heterocycles. The summed E-state index contributed by atoms with van der Waals surface area (Å²) in [5.74, 6) is -0.409. The Balaban J connectivity index is 0.802. The molecule has 4 aliphatic rings. The average molecular weight is 888 g/mol. The Labute approximate surface area is 378 Å². The minimum absolute atomic E-state index is 0.0245. The maximum absolute atomic E-state index is 13.2. The van der Waals surface area contributed by atoms with E-state index in [-0.39, 0.29) is 29.8 Å². The van der Waals surface area contributed by atoms with Crippen molar-refractivity contribution in [1.29, 1.82) is 0 Å². The van der Waals surface area contributed by atoms with Crippen molar-refractivity contribution in [3.8, 4) is 0 Å². The van der Waals surface area contributed by atoms with Gasteiger partial charge in [0.15, 0.2) is 0 Å². The molecule has 3 aromatic heterocycles. The van der Waals surface area contributed by atoms with Crippen LogP contribution in [0.1, 0.15) is 95.5 Å². The van der Waals surface area contributed by atoms with Crippen LogP contribution in [0.3, 0.4) is 0 Å². The van der Waals surface area contributed by atoms with E-state index >= 15 is 0 Å². The number of fused-ring (bicyclic) bond motifs is 2. The third-order valence-corrected chi connectivity index (χ3v) is 15.1. The number of nitrogens with zero attached hydrogens (tertiary/aromatic N) is 7. The van der Waals surface area contributed by atoms with E-state index < -0.39 is 11.9 Å². The van der Waals surface area contributed by atoms with E-state index in [1.165, 1.54) is 22.3 Å². The number of hydrogen-bond acceptors (Lipinski definition) is 10. The fraction of sp³-hybridized carbons (Fsp3) is 0.510. The zero-order valence-electron chi connectivity index (χ0n) is 37.4. The van der Waals surface area contributed by atoms with Crippen molar-refractivity contribution in [2.45, 2.75) is 82.2 Å². The van der Waals surface area contributed by atoms with Crippen molar-refractivity contribution in [3.05, 3.63) is 91.9 Å². The van der Waals surface area contributed by atoms with Gasteiger partial charge in [0.05, 0.1) is 16.0 Å². The van der Waals surface area contributed by atoms with Gasteiger partial charge in [0.1, 0.15) is 18.0 Å². The Morgan fingerprint density at radius 1 is 0.969 bits per heavy atom. The Hall–Kier alpha value is -5.22. The number of nitrogens with one attached hydrogen (secondary N) is 2. The molecule has 2 aromatic carbocycles. The van der Waals surface area contributed by atoms with Gasteiger partial charge < -0.3 is 19.6 Å². The Morgan fingerprint density at radius 2 is 1.78 bits per heavy atom. The van der Waals surface area contributed by atoms with Crippen molar-refractivity contribution in [2.24, 2.45) is 13.0 Å². The number of hydrogen-bond donors (Lipinski definition) is 2. The molecule has 3 aliphatic heterocycles. The smallest absolute Gasteiger partial charge is 0.329 e. The highest BCUT2D eigenvalue weighted by molar-refractivity contribution is 7.09.